The molecule has 0 radical (unpaired) electrons. The Bertz CT molecular complexity index is 1630. The number of nitrogens with one attached hydrogen (secondary N) is 2. The Labute approximate surface area is 232 Å². The molecule has 1 aliphatic carbocycles. The molecule has 0 spiro atoms. The van der Waals surface area contributed by atoms with Gasteiger partial charge in [0.05, 0.1) is 23.8 Å². The van der Waals surface area contributed by atoms with Crippen LogP contribution >= 0.6 is 0 Å². The number of anilines is 4. The van der Waals surface area contributed by atoms with E-state index in [0.717, 1.165) is 59.6 Å². The summed E-state index contributed by atoms with van der Waals surface area (Å²) in [7, 11) is 0. The van der Waals surface area contributed by atoms with Gasteiger partial charge in [-0.15, -0.1) is 0 Å². The lowest BCUT2D eigenvalue weighted by molar-refractivity contribution is -0.119. The van der Waals surface area contributed by atoms with E-state index in [0.29, 0.717) is 17.9 Å². The van der Waals surface area contributed by atoms with E-state index in [1.807, 2.05) is 60.5 Å². The Morgan fingerprint density at radius 2 is 1.77 bits per heavy atom. The van der Waals surface area contributed by atoms with E-state index in [4.69, 9.17) is 4.74 Å². The van der Waals surface area contributed by atoms with Gasteiger partial charge in [0.2, 0.25) is 11.8 Å². The van der Waals surface area contributed by atoms with Crippen molar-refractivity contribution in [1.82, 2.24) is 9.97 Å². The molecule has 4 aromatic rings. The summed E-state index contributed by atoms with van der Waals surface area (Å²) >= 11 is 0. The van der Waals surface area contributed by atoms with Crippen molar-refractivity contribution in [2.45, 2.75) is 38.7 Å². The summed E-state index contributed by atoms with van der Waals surface area (Å²) in [4.78, 5) is 36.0. The molecule has 2 amide bonds. The first-order chi connectivity index (χ1) is 19.5. The van der Waals surface area contributed by atoms with E-state index >= 15 is 0 Å². The van der Waals surface area contributed by atoms with Gasteiger partial charge in [0.25, 0.3) is 0 Å². The summed E-state index contributed by atoms with van der Waals surface area (Å²) in [5.41, 5.74) is 7.73. The van der Waals surface area contributed by atoms with Crippen LogP contribution in [0.15, 0.2) is 73.2 Å². The van der Waals surface area contributed by atoms with Crippen LogP contribution in [0.1, 0.15) is 42.6 Å². The second-order valence-electron chi connectivity index (χ2n) is 10.7. The molecule has 2 aromatic heterocycles. The van der Waals surface area contributed by atoms with Crippen molar-refractivity contribution in [3.8, 4) is 16.9 Å². The minimum absolute atomic E-state index is 0.00366. The number of fused-ring (bicyclic) bond motifs is 4. The van der Waals surface area contributed by atoms with Gasteiger partial charge in [-0.1, -0.05) is 24.3 Å². The van der Waals surface area contributed by atoms with Gasteiger partial charge in [-0.25, -0.2) is 4.98 Å². The van der Waals surface area contributed by atoms with Crippen molar-refractivity contribution in [3.05, 3.63) is 89.9 Å². The van der Waals surface area contributed by atoms with Gasteiger partial charge in [0.1, 0.15) is 17.7 Å². The number of rotatable bonds is 5. The topological polar surface area (TPSA) is 96.4 Å². The fraction of sp³-hybridized carbons (Fsp3) is 0.250. The van der Waals surface area contributed by atoms with Crippen LogP contribution in [-0.4, -0.2) is 28.3 Å². The normalized spacial score (nSPS) is 17.6. The van der Waals surface area contributed by atoms with Gasteiger partial charge < -0.3 is 20.3 Å². The summed E-state index contributed by atoms with van der Waals surface area (Å²) in [6, 6.07) is 18.0. The first-order valence-electron chi connectivity index (χ1n) is 13.7. The molecule has 7 rings (SSSR count). The lowest BCUT2D eigenvalue weighted by Gasteiger charge is -2.28. The van der Waals surface area contributed by atoms with Crippen LogP contribution in [-0.2, 0) is 22.4 Å². The van der Waals surface area contributed by atoms with Crippen molar-refractivity contribution < 1.29 is 14.3 Å². The van der Waals surface area contributed by atoms with Crippen LogP contribution in [0, 0.1) is 5.92 Å². The first kappa shape index (κ1) is 24.3. The van der Waals surface area contributed by atoms with Crippen LogP contribution < -0.4 is 20.3 Å². The minimum atomic E-state index is -0.185. The van der Waals surface area contributed by atoms with Gasteiger partial charge in [-0.3, -0.25) is 14.6 Å². The molecular formula is C32H29N5O3. The Morgan fingerprint density at radius 3 is 2.55 bits per heavy atom. The third-order valence-electron chi connectivity index (χ3n) is 8.02. The molecule has 0 saturated carbocycles. The van der Waals surface area contributed by atoms with Gasteiger partial charge in [-0.05, 0) is 61.6 Å². The molecule has 40 heavy (non-hydrogen) atoms. The third kappa shape index (κ3) is 4.45. The zero-order chi connectivity index (χ0) is 27.2. The molecule has 1 atom stereocenters. The number of aromatic nitrogens is 2. The summed E-state index contributed by atoms with van der Waals surface area (Å²) < 4.78 is 6.28. The van der Waals surface area contributed by atoms with E-state index < -0.39 is 0 Å². The first-order valence-corrected chi connectivity index (χ1v) is 13.7. The fourth-order valence-electron chi connectivity index (χ4n) is 5.99. The van der Waals surface area contributed by atoms with Crippen LogP contribution in [0.25, 0.3) is 11.1 Å². The molecular weight excluding hydrogens is 502 g/mol. The zero-order valence-electron chi connectivity index (χ0n) is 22.2. The maximum absolute atomic E-state index is 13.0. The summed E-state index contributed by atoms with van der Waals surface area (Å²) in [5.74, 6) is 1.51. The Hall–Kier alpha value is -4.72. The van der Waals surface area contributed by atoms with Gasteiger partial charge >= 0.3 is 0 Å². The van der Waals surface area contributed by atoms with Crippen LogP contribution in [0.3, 0.4) is 0 Å². The molecule has 2 N–H and O–H groups in total. The van der Waals surface area contributed by atoms with Crippen molar-refractivity contribution in [3.63, 3.8) is 0 Å². The predicted molar refractivity (Wildman–Crippen MR) is 154 cm³/mol. The number of carbonyl (C=O) groups excluding carboxylic acids is 2. The van der Waals surface area contributed by atoms with Gasteiger partial charge in [-0.2, -0.15) is 0 Å². The summed E-state index contributed by atoms with van der Waals surface area (Å²) in [6.45, 7) is 2.76. The van der Waals surface area contributed by atoms with Crippen LogP contribution in [0.5, 0.6) is 5.75 Å². The monoisotopic (exact) mass is 531 g/mol. The molecule has 8 nitrogen and oxygen atoms in total. The third-order valence-corrected chi connectivity index (χ3v) is 8.02. The van der Waals surface area contributed by atoms with Crippen LogP contribution in [0.4, 0.5) is 22.9 Å². The number of pyridine rings is 2. The number of amides is 2. The second kappa shape index (κ2) is 9.79. The Morgan fingerprint density at radius 1 is 0.975 bits per heavy atom. The molecule has 8 heteroatoms. The maximum Gasteiger partial charge on any atom is 0.228 e. The number of hydrogen-bond acceptors (Lipinski definition) is 6. The highest BCUT2D eigenvalue weighted by Crippen LogP contribution is 2.44. The van der Waals surface area contributed by atoms with Gasteiger partial charge in [0, 0.05) is 53.5 Å². The molecule has 1 saturated heterocycles. The average molecular weight is 532 g/mol. The lowest BCUT2D eigenvalue weighted by atomic mass is 9.94. The minimum Gasteiger partial charge on any atom is -0.485 e. The zero-order valence-corrected chi connectivity index (χ0v) is 22.2. The Kier molecular flexibility index (Phi) is 5.95. The Balaban J connectivity index is 1.07. The predicted octanol–water partition coefficient (Wildman–Crippen LogP) is 5.82. The highest BCUT2D eigenvalue weighted by molar-refractivity contribution is 5.96. The number of carbonyl (C=O) groups is 2. The van der Waals surface area contributed by atoms with E-state index in [1.54, 1.807) is 12.4 Å². The molecule has 200 valence electrons. The molecule has 2 aromatic carbocycles. The number of hydrogen-bond donors (Lipinski definition) is 2. The smallest absolute Gasteiger partial charge is 0.228 e. The average Bonchev–Trinajstić information content (AvgIpc) is 3.59. The number of ether oxygens (including phenoxy) is 1. The lowest BCUT2D eigenvalue weighted by Crippen LogP contribution is -2.24. The number of benzene rings is 2. The van der Waals surface area contributed by atoms with E-state index in [-0.39, 0.29) is 23.8 Å². The molecule has 3 aliphatic rings. The van der Waals surface area contributed by atoms with Crippen molar-refractivity contribution in [2.24, 2.45) is 5.92 Å². The number of nitrogens with zero attached hydrogens (tertiary/aromatic N) is 3. The highest BCUT2D eigenvalue weighted by atomic mass is 16.5. The largest absolute Gasteiger partial charge is 0.485 e. The van der Waals surface area contributed by atoms with Crippen molar-refractivity contribution in [2.75, 3.05) is 22.1 Å². The quantitative estimate of drug-likeness (QED) is 0.337. The summed E-state index contributed by atoms with van der Waals surface area (Å²) in [5, 5.41) is 6.36. The maximum atomic E-state index is 13.0. The molecule has 4 heterocycles. The molecule has 1 fully saturated rings. The highest BCUT2D eigenvalue weighted by Gasteiger charge is 2.28. The van der Waals surface area contributed by atoms with Gasteiger partial charge in [0.15, 0.2) is 0 Å². The van der Waals surface area contributed by atoms with Crippen molar-refractivity contribution in [1.29, 1.82) is 0 Å². The van der Waals surface area contributed by atoms with E-state index in [2.05, 4.69) is 32.7 Å². The van der Waals surface area contributed by atoms with E-state index in [9.17, 15) is 9.59 Å². The van der Waals surface area contributed by atoms with E-state index in [1.165, 1.54) is 11.1 Å². The van der Waals surface area contributed by atoms with Crippen LogP contribution in [0.2, 0.25) is 0 Å². The molecule has 0 bridgehead atoms. The standard InChI is InChI=1S/C32H29N5O3/c1-19-27-15-30(34-18-28(27)26-9-8-25(14-29(26)40-19)37-10-4-7-31(37)38)35-23-13-24(17-33-16-23)36-32(39)22-11-20-5-2-3-6-21(20)12-22/h2-3,5-6,8-9,13-19,22H,4,7,10-12H2,1H3,(H,34,35)(H,36,39). The molecule has 2 aliphatic heterocycles. The summed E-state index contributed by atoms with van der Waals surface area (Å²) in [6.07, 6.45) is 8.02. The second-order valence-corrected chi connectivity index (χ2v) is 10.7. The fourth-order valence-corrected chi connectivity index (χ4v) is 5.99. The SMILES string of the molecule is CC1Oc2cc(N3CCCC3=O)ccc2-c2cnc(Nc3cncc(NC(=O)C4Cc5ccccc5C4)c3)cc21. The van der Waals surface area contributed by atoms with Crippen molar-refractivity contribution >= 4 is 34.7 Å². The molecule has 1 unspecified atom stereocenters.